The lowest BCUT2D eigenvalue weighted by molar-refractivity contribution is 0.300. The van der Waals surface area contributed by atoms with Gasteiger partial charge >= 0.3 is 0 Å². The average Bonchev–Trinajstić information content (AvgIpc) is 2.87. The summed E-state index contributed by atoms with van der Waals surface area (Å²) >= 11 is 0. The minimum atomic E-state index is -0.0522. The summed E-state index contributed by atoms with van der Waals surface area (Å²) in [6.45, 7) is 2.04. The Balaban J connectivity index is 2.21. The summed E-state index contributed by atoms with van der Waals surface area (Å²) in [6, 6.07) is 11.8. The van der Waals surface area contributed by atoms with Crippen LogP contribution in [0.4, 0.5) is 0 Å². The van der Waals surface area contributed by atoms with E-state index in [1.807, 2.05) is 43.3 Å². The molecule has 0 unspecified atom stereocenters. The first-order valence-corrected chi connectivity index (χ1v) is 7.17. The van der Waals surface area contributed by atoms with Gasteiger partial charge in [0.05, 0.1) is 11.4 Å². The number of hydrogen-bond acceptors (Lipinski definition) is 2. The van der Waals surface area contributed by atoms with E-state index in [1.165, 1.54) is 0 Å². The van der Waals surface area contributed by atoms with Crippen molar-refractivity contribution in [1.82, 2.24) is 9.97 Å². The van der Waals surface area contributed by atoms with E-state index in [0.717, 1.165) is 33.4 Å². The molecule has 108 valence electrons. The second-order valence-electron chi connectivity index (χ2n) is 5.08. The van der Waals surface area contributed by atoms with Crippen molar-refractivity contribution < 1.29 is 5.11 Å². The average molecular weight is 282 g/mol. The standard InChI is InChI=1S/C17H18N2O2/c1-2-11-7-8-15(19-17(11)21)16-13(9-10-20)12-5-3-4-6-14(12)18-16/h3-8,18,20H,2,9-10H2,1H3,(H,19,21). The number of pyridine rings is 1. The number of hydrogen-bond donors (Lipinski definition) is 3. The Morgan fingerprint density at radius 3 is 2.62 bits per heavy atom. The van der Waals surface area contributed by atoms with E-state index in [0.29, 0.717) is 12.8 Å². The van der Waals surface area contributed by atoms with Crippen LogP contribution in [0.5, 0.6) is 0 Å². The molecule has 0 aliphatic rings. The smallest absolute Gasteiger partial charge is 0.251 e. The van der Waals surface area contributed by atoms with Gasteiger partial charge in [0.25, 0.3) is 5.56 Å². The molecule has 3 rings (SSSR count). The Morgan fingerprint density at radius 1 is 1.10 bits per heavy atom. The maximum Gasteiger partial charge on any atom is 0.251 e. The molecule has 0 bridgehead atoms. The molecule has 0 radical (unpaired) electrons. The van der Waals surface area contributed by atoms with Crippen LogP contribution < -0.4 is 5.56 Å². The van der Waals surface area contributed by atoms with Crippen molar-refractivity contribution in [3.8, 4) is 11.4 Å². The SMILES string of the molecule is CCc1ccc(-c2[nH]c3ccccc3c2CCO)[nH]c1=O. The minimum Gasteiger partial charge on any atom is -0.396 e. The first-order chi connectivity index (χ1) is 10.2. The van der Waals surface area contributed by atoms with Crippen LogP contribution in [-0.2, 0) is 12.8 Å². The molecular weight excluding hydrogens is 264 g/mol. The zero-order valence-corrected chi connectivity index (χ0v) is 11.9. The second-order valence-corrected chi connectivity index (χ2v) is 5.08. The molecule has 0 saturated carbocycles. The minimum absolute atomic E-state index is 0.0522. The number of benzene rings is 1. The van der Waals surface area contributed by atoms with Crippen LogP contribution in [-0.4, -0.2) is 21.7 Å². The van der Waals surface area contributed by atoms with Crippen LogP contribution in [0, 0.1) is 0 Å². The zero-order chi connectivity index (χ0) is 14.8. The lowest BCUT2D eigenvalue weighted by Gasteiger charge is -2.05. The summed E-state index contributed by atoms with van der Waals surface area (Å²) in [6.07, 6.45) is 1.27. The molecule has 0 aliphatic heterocycles. The normalized spacial score (nSPS) is 11.1. The molecule has 0 spiro atoms. The van der Waals surface area contributed by atoms with E-state index in [4.69, 9.17) is 0 Å². The second kappa shape index (κ2) is 5.58. The molecule has 21 heavy (non-hydrogen) atoms. The highest BCUT2D eigenvalue weighted by Crippen LogP contribution is 2.29. The number of aryl methyl sites for hydroxylation is 1. The quantitative estimate of drug-likeness (QED) is 0.688. The summed E-state index contributed by atoms with van der Waals surface area (Å²) in [5, 5.41) is 10.4. The number of nitrogens with one attached hydrogen (secondary N) is 2. The maximum absolute atomic E-state index is 12.0. The summed E-state index contributed by atoms with van der Waals surface area (Å²) in [5.74, 6) is 0. The Labute approximate surface area is 122 Å². The van der Waals surface area contributed by atoms with Crippen molar-refractivity contribution in [2.75, 3.05) is 6.61 Å². The van der Waals surface area contributed by atoms with Gasteiger partial charge in [-0.2, -0.15) is 0 Å². The number of aliphatic hydroxyl groups is 1. The number of para-hydroxylation sites is 1. The monoisotopic (exact) mass is 282 g/mol. The Hall–Kier alpha value is -2.33. The molecule has 4 nitrogen and oxygen atoms in total. The highest BCUT2D eigenvalue weighted by Gasteiger charge is 2.13. The van der Waals surface area contributed by atoms with Crippen LogP contribution in [0.2, 0.25) is 0 Å². The lowest BCUT2D eigenvalue weighted by Crippen LogP contribution is -2.12. The molecule has 4 heteroatoms. The van der Waals surface area contributed by atoms with Crippen molar-refractivity contribution in [3.05, 3.63) is 57.9 Å². The predicted octanol–water partition coefficient (Wildman–Crippen LogP) is 2.62. The van der Waals surface area contributed by atoms with Crippen molar-refractivity contribution in [2.45, 2.75) is 19.8 Å². The molecule has 3 aromatic rings. The summed E-state index contributed by atoms with van der Waals surface area (Å²) < 4.78 is 0. The highest BCUT2D eigenvalue weighted by molar-refractivity contribution is 5.90. The van der Waals surface area contributed by atoms with E-state index in [9.17, 15) is 9.90 Å². The Kier molecular flexibility index (Phi) is 3.62. The third-order valence-electron chi connectivity index (χ3n) is 3.82. The number of rotatable bonds is 4. The van der Waals surface area contributed by atoms with Gasteiger partial charge in [0.1, 0.15) is 0 Å². The van der Waals surface area contributed by atoms with Gasteiger partial charge in [0.2, 0.25) is 0 Å². The van der Waals surface area contributed by atoms with Crippen molar-refractivity contribution >= 4 is 10.9 Å². The van der Waals surface area contributed by atoms with Crippen LogP contribution in [0.3, 0.4) is 0 Å². The van der Waals surface area contributed by atoms with Gasteiger partial charge < -0.3 is 15.1 Å². The molecule has 1 aromatic carbocycles. The highest BCUT2D eigenvalue weighted by atomic mass is 16.3. The Bertz CT molecular complexity index is 830. The number of aromatic amines is 2. The zero-order valence-electron chi connectivity index (χ0n) is 11.9. The fraction of sp³-hybridized carbons (Fsp3) is 0.235. The van der Waals surface area contributed by atoms with E-state index < -0.39 is 0 Å². The van der Waals surface area contributed by atoms with Gasteiger partial charge in [-0.3, -0.25) is 4.79 Å². The van der Waals surface area contributed by atoms with E-state index >= 15 is 0 Å². The van der Waals surface area contributed by atoms with E-state index in [2.05, 4.69) is 9.97 Å². The van der Waals surface area contributed by atoms with Crippen LogP contribution in [0.1, 0.15) is 18.1 Å². The molecule has 0 saturated heterocycles. The van der Waals surface area contributed by atoms with Gasteiger partial charge in [0.15, 0.2) is 0 Å². The molecular formula is C17H18N2O2. The molecule has 0 aliphatic carbocycles. The first-order valence-electron chi connectivity index (χ1n) is 7.17. The fourth-order valence-corrected chi connectivity index (χ4v) is 2.73. The predicted molar refractivity (Wildman–Crippen MR) is 84.5 cm³/mol. The first kappa shape index (κ1) is 13.6. The van der Waals surface area contributed by atoms with Gasteiger partial charge in [-0.05, 0) is 30.5 Å². The van der Waals surface area contributed by atoms with E-state index in [-0.39, 0.29) is 12.2 Å². The molecule has 3 N–H and O–H groups in total. The number of fused-ring (bicyclic) bond motifs is 1. The van der Waals surface area contributed by atoms with Crippen LogP contribution in [0.15, 0.2) is 41.2 Å². The van der Waals surface area contributed by atoms with Gasteiger partial charge in [-0.15, -0.1) is 0 Å². The lowest BCUT2D eigenvalue weighted by atomic mass is 10.1. The number of aromatic nitrogens is 2. The van der Waals surface area contributed by atoms with Gasteiger partial charge in [-0.25, -0.2) is 0 Å². The van der Waals surface area contributed by atoms with Crippen LogP contribution in [0.25, 0.3) is 22.3 Å². The van der Waals surface area contributed by atoms with Crippen molar-refractivity contribution in [3.63, 3.8) is 0 Å². The molecule has 2 aromatic heterocycles. The summed E-state index contributed by atoms with van der Waals surface area (Å²) in [5.41, 5.74) is 4.41. The Morgan fingerprint density at radius 2 is 1.90 bits per heavy atom. The van der Waals surface area contributed by atoms with Gasteiger partial charge in [0, 0.05) is 23.1 Å². The summed E-state index contributed by atoms with van der Waals surface area (Å²) in [4.78, 5) is 18.3. The molecule has 0 amide bonds. The summed E-state index contributed by atoms with van der Waals surface area (Å²) in [7, 11) is 0. The molecule has 0 atom stereocenters. The third-order valence-corrected chi connectivity index (χ3v) is 3.82. The van der Waals surface area contributed by atoms with E-state index in [1.54, 1.807) is 0 Å². The van der Waals surface area contributed by atoms with Crippen LogP contribution >= 0.6 is 0 Å². The molecule has 2 heterocycles. The number of H-pyrrole nitrogens is 2. The van der Waals surface area contributed by atoms with Crippen molar-refractivity contribution in [2.24, 2.45) is 0 Å². The molecule has 0 fully saturated rings. The largest absolute Gasteiger partial charge is 0.396 e. The van der Waals surface area contributed by atoms with Gasteiger partial charge in [-0.1, -0.05) is 31.2 Å². The fourth-order valence-electron chi connectivity index (χ4n) is 2.73. The number of aliphatic hydroxyl groups excluding tert-OH is 1. The third kappa shape index (κ3) is 2.38. The maximum atomic E-state index is 12.0. The van der Waals surface area contributed by atoms with Crippen molar-refractivity contribution in [1.29, 1.82) is 0 Å². The topological polar surface area (TPSA) is 68.9 Å².